The highest BCUT2D eigenvalue weighted by Crippen LogP contribution is 2.20. The lowest BCUT2D eigenvalue weighted by Crippen LogP contribution is -2.55. The summed E-state index contributed by atoms with van der Waals surface area (Å²) in [4.78, 5) is 73.6. The first-order valence-corrected chi connectivity index (χ1v) is 11.3. The number of rotatable bonds is 12. The number of carboxylic acid groups (broad SMARTS) is 1. The van der Waals surface area contributed by atoms with Crippen molar-refractivity contribution in [1.29, 1.82) is 0 Å². The molecule has 0 saturated carbocycles. The molecule has 0 radical (unpaired) electrons. The van der Waals surface area contributed by atoms with Crippen molar-refractivity contribution < 1.29 is 33.9 Å². The summed E-state index contributed by atoms with van der Waals surface area (Å²) in [5, 5.41) is 19.1. The van der Waals surface area contributed by atoms with E-state index in [-0.39, 0.29) is 12.5 Å². The molecule has 0 aromatic rings. The Morgan fingerprint density at radius 3 is 2.12 bits per heavy atom. The smallest absolute Gasteiger partial charge is 0.326 e. The number of hydrogen-bond acceptors (Lipinski definition) is 7. The van der Waals surface area contributed by atoms with Crippen LogP contribution in [0.3, 0.4) is 0 Å². The first-order chi connectivity index (χ1) is 15.9. The average molecular weight is 485 g/mol. The Hall–Kier alpha value is -3.22. The van der Waals surface area contributed by atoms with Crippen LogP contribution in [-0.4, -0.2) is 89.3 Å². The molecule has 0 aromatic heterocycles. The van der Waals surface area contributed by atoms with Crippen LogP contribution in [-0.2, 0) is 28.8 Å². The fraction of sp³-hybridized carbons (Fsp3) is 0.714. The normalized spacial score (nSPS) is 17.9. The average Bonchev–Trinajstić information content (AvgIpc) is 3.26. The topological polar surface area (TPSA) is 200 Å². The predicted octanol–water partition coefficient (Wildman–Crippen LogP) is -2.32. The van der Waals surface area contributed by atoms with Crippen molar-refractivity contribution in [1.82, 2.24) is 26.2 Å². The Balaban J connectivity index is 2.63. The molecule has 0 unspecified atom stereocenters. The Bertz CT molecular complexity index is 788. The van der Waals surface area contributed by atoms with E-state index in [0.717, 1.165) is 0 Å². The minimum absolute atomic E-state index is 0.0479. The van der Waals surface area contributed by atoms with Gasteiger partial charge in [0.2, 0.25) is 29.5 Å². The Morgan fingerprint density at radius 1 is 0.941 bits per heavy atom. The lowest BCUT2D eigenvalue weighted by Gasteiger charge is -2.28. The summed E-state index contributed by atoms with van der Waals surface area (Å²) in [5.41, 5.74) is 5.18. The first-order valence-electron chi connectivity index (χ1n) is 11.3. The SMILES string of the molecule is CC(C)C[C@H](NC(=O)CNC(=O)[C@H](C)NC(=O)[C@H](C)NC(=O)CN)C(=O)N1CCC[C@H]1C(=O)O. The van der Waals surface area contributed by atoms with Crippen LogP contribution in [0.25, 0.3) is 0 Å². The Labute approximate surface area is 198 Å². The molecule has 1 aliphatic rings. The van der Waals surface area contributed by atoms with E-state index in [4.69, 9.17) is 5.73 Å². The molecule has 1 saturated heterocycles. The molecule has 1 fully saturated rings. The van der Waals surface area contributed by atoms with Crippen molar-refractivity contribution in [3.8, 4) is 0 Å². The number of likely N-dealkylation sites (tertiary alicyclic amines) is 1. The van der Waals surface area contributed by atoms with Crippen molar-refractivity contribution in [2.75, 3.05) is 19.6 Å². The maximum atomic E-state index is 12.9. The van der Waals surface area contributed by atoms with Crippen LogP contribution in [0.4, 0.5) is 0 Å². The second-order valence-corrected chi connectivity index (χ2v) is 8.72. The zero-order valence-corrected chi connectivity index (χ0v) is 20.1. The third-order valence-electron chi connectivity index (χ3n) is 5.29. The number of nitrogens with zero attached hydrogens (tertiary/aromatic N) is 1. The predicted molar refractivity (Wildman–Crippen MR) is 121 cm³/mol. The fourth-order valence-electron chi connectivity index (χ4n) is 3.52. The summed E-state index contributed by atoms with van der Waals surface area (Å²) >= 11 is 0. The fourth-order valence-corrected chi connectivity index (χ4v) is 3.52. The van der Waals surface area contributed by atoms with E-state index < -0.39 is 66.2 Å². The number of amides is 5. The summed E-state index contributed by atoms with van der Waals surface area (Å²) in [6.07, 6.45) is 1.23. The van der Waals surface area contributed by atoms with Crippen LogP contribution in [0.1, 0.15) is 47.0 Å². The molecule has 13 heteroatoms. The third kappa shape index (κ3) is 8.96. The maximum Gasteiger partial charge on any atom is 0.326 e. The van der Waals surface area contributed by atoms with Gasteiger partial charge in [0.05, 0.1) is 13.1 Å². The maximum absolute atomic E-state index is 12.9. The van der Waals surface area contributed by atoms with Crippen molar-refractivity contribution in [3.05, 3.63) is 0 Å². The lowest BCUT2D eigenvalue weighted by atomic mass is 10.0. The molecule has 5 amide bonds. The van der Waals surface area contributed by atoms with Gasteiger partial charge in [-0.3, -0.25) is 24.0 Å². The van der Waals surface area contributed by atoms with Gasteiger partial charge < -0.3 is 37.0 Å². The van der Waals surface area contributed by atoms with Gasteiger partial charge >= 0.3 is 5.97 Å². The number of hydrogen-bond donors (Lipinski definition) is 6. The van der Waals surface area contributed by atoms with Gasteiger partial charge in [-0.2, -0.15) is 0 Å². The molecule has 1 rings (SSSR count). The highest BCUT2D eigenvalue weighted by atomic mass is 16.4. The molecule has 0 spiro atoms. The molecular formula is C21H36N6O7. The minimum atomic E-state index is -1.08. The number of carbonyl (C=O) groups excluding carboxylic acids is 5. The van der Waals surface area contributed by atoms with Gasteiger partial charge in [-0.1, -0.05) is 13.8 Å². The van der Waals surface area contributed by atoms with Gasteiger partial charge in [-0.25, -0.2) is 4.79 Å². The molecule has 4 atom stereocenters. The minimum Gasteiger partial charge on any atom is -0.480 e. The number of carboxylic acids is 1. The largest absolute Gasteiger partial charge is 0.480 e. The van der Waals surface area contributed by atoms with Crippen LogP contribution in [0.2, 0.25) is 0 Å². The molecule has 7 N–H and O–H groups in total. The van der Waals surface area contributed by atoms with Crippen LogP contribution < -0.4 is 27.0 Å². The van der Waals surface area contributed by atoms with E-state index in [0.29, 0.717) is 25.8 Å². The van der Waals surface area contributed by atoms with Gasteiger partial charge in [0.1, 0.15) is 24.2 Å². The van der Waals surface area contributed by atoms with Crippen molar-refractivity contribution in [2.45, 2.75) is 71.1 Å². The molecule has 0 bridgehead atoms. The van der Waals surface area contributed by atoms with Gasteiger partial charge in [0, 0.05) is 6.54 Å². The van der Waals surface area contributed by atoms with Gasteiger partial charge in [0.25, 0.3) is 0 Å². The van der Waals surface area contributed by atoms with Crippen LogP contribution in [0.5, 0.6) is 0 Å². The monoisotopic (exact) mass is 484 g/mol. The third-order valence-corrected chi connectivity index (χ3v) is 5.29. The van der Waals surface area contributed by atoms with Gasteiger partial charge in [-0.05, 0) is 39.0 Å². The van der Waals surface area contributed by atoms with E-state index in [9.17, 15) is 33.9 Å². The van der Waals surface area contributed by atoms with E-state index >= 15 is 0 Å². The Kier molecular flexibility index (Phi) is 11.4. The molecule has 0 aliphatic carbocycles. The zero-order valence-electron chi connectivity index (χ0n) is 20.1. The Morgan fingerprint density at radius 2 is 1.56 bits per heavy atom. The van der Waals surface area contributed by atoms with Crippen molar-refractivity contribution in [3.63, 3.8) is 0 Å². The molecule has 34 heavy (non-hydrogen) atoms. The summed E-state index contributed by atoms with van der Waals surface area (Å²) in [7, 11) is 0. The van der Waals surface area contributed by atoms with Gasteiger partial charge in [-0.15, -0.1) is 0 Å². The quantitative estimate of drug-likeness (QED) is 0.177. The standard InChI is InChI=1S/C21H36N6O7/c1-11(2)8-14(20(32)27-7-5-6-15(27)21(33)34)26-17(29)10-23-18(30)12(3)25-19(31)13(4)24-16(28)9-22/h11-15H,5-10,22H2,1-4H3,(H,23,30)(H,24,28)(H,25,31)(H,26,29)(H,33,34)/t12-,13-,14-,15-/m0/s1. The van der Waals surface area contributed by atoms with Crippen molar-refractivity contribution >= 4 is 35.5 Å². The second-order valence-electron chi connectivity index (χ2n) is 8.72. The summed E-state index contributed by atoms with van der Waals surface area (Å²) in [5.74, 6) is -3.89. The summed E-state index contributed by atoms with van der Waals surface area (Å²) < 4.78 is 0. The van der Waals surface area contributed by atoms with Crippen molar-refractivity contribution in [2.24, 2.45) is 11.7 Å². The van der Waals surface area contributed by atoms with Gasteiger partial charge in [0.15, 0.2) is 0 Å². The summed E-state index contributed by atoms with van der Waals surface area (Å²) in [6, 6.07) is -3.74. The van der Waals surface area contributed by atoms with E-state index in [1.807, 2.05) is 13.8 Å². The number of carbonyl (C=O) groups is 6. The second kappa shape index (κ2) is 13.5. The van der Waals surface area contributed by atoms with Crippen LogP contribution >= 0.6 is 0 Å². The van der Waals surface area contributed by atoms with E-state index in [2.05, 4.69) is 21.3 Å². The highest BCUT2D eigenvalue weighted by Gasteiger charge is 2.37. The van der Waals surface area contributed by atoms with E-state index in [1.165, 1.54) is 18.7 Å². The summed E-state index contributed by atoms with van der Waals surface area (Å²) in [6.45, 7) is 6.16. The number of nitrogens with two attached hydrogens (primary N) is 1. The number of aliphatic carboxylic acids is 1. The molecule has 192 valence electrons. The molecular weight excluding hydrogens is 448 g/mol. The first kappa shape index (κ1) is 28.8. The lowest BCUT2D eigenvalue weighted by molar-refractivity contribution is -0.149. The highest BCUT2D eigenvalue weighted by molar-refractivity contribution is 5.94. The molecule has 0 aromatic carbocycles. The van der Waals surface area contributed by atoms with E-state index in [1.54, 1.807) is 0 Å². The van der Waals surface area contributed by atoms with Crippen LogP contribution in [0.15, 0.2) is 0 Å². The molecule has 1 aliphatic heterocycles. The number of nitrogens with one attached hydrogen (secondary N) is 4. The zero-order chi connectivity index (χ0) is 26.0. The van der Waals surface area contributed by atoms with Crippen LogP contribution in [0, 0.1) is 5.92 Å². The molecule has 1 heterocycles. The molecule has 13 nitrogen and oxygen atoms in total.